The van der Waals surface area contributed by atoms with Gasteiger partial charge in [-0.2, -0.15) is 0 Å². The molecule has 1 atom stereocenters. The molecule has 0 spiro atoms. The van der Waals surface area contributed by atoms with Crippen LogP contribution in [0.3, 0.4) is 0 Å². The molecule has 0 bridgehead atoms. The fraction of sp³-hybridized carbons (Fsp3) is 0.554. The van der Waals surface area contributed by atoms with Crippen molar-refractivity contribution in [1.82, 2.24) is 0 Å². The van der Waals surface area contributed by atoms with Crippen molar-refractivity contribution in [1.29, 1.82) is 0 Å². The Hall–Kier alpha value is -4.97. The molecule has 0 saturated heterocycles. The van der Waals surface area contributed by atoms with Crippen LogP contribution in [0.4, 0.5) is 0 Å². The van der Waals surface area contributed by atoms with E-state index in [4.69, 9.17) is 14.2 Å². The topological polar surface area (TPSA) is 78.9 Å². The Morgan fingerprint density at radius 2 is 0.577 bits per heavy atom. The lowest BCUT2D eigenvalue weighted by Gasteiger charge is -2.18. The van der Waals surface area contributed by atoms with Gasteiger partial charge in [-0.25, -0.2) is 0 Å². The lowest BCUT2D eigenvalue weighted by Crippen LogP contribution is -2.30. The molecule has 0 saturated carbocycles. The zero-order valence-electron chi connectivity index (χ0n) is 45.2. The summed E-state index contributed by atoms with van der Waals surface area (Å²) in [7, 11) is 0. The van der Waals surface area contributed by atoms with Gasteiger partial charge in [-0.05, 0) is 135 Å². The van der Waals surface area contributed by atoms with Gasteiger partial charge in [-0.15, -0.1) is 0 Å². The van der Waals surface area contributed by atoms with Gasteiger partial charge in [0, 0.05) is 19.3 Å². The lowest BCUT2D eigenvalue weighted by molar-refractivity contribution is -0.166. The van der Waals surface area contributed by atoms with Crippen LogP contribution in [0.5, 0.6) is 0 Å². The van der Waals surface area contributed by atoms with Crippen LogP contribution in [0.2, 0.25) is 0 Å². The number of allylic oxidation sites excluding steroid dienone is 26. The highest BCUT2D eigenvalue weighted by molar-refractivity contribution is 5.71. The Kier molecular flexibility index (Phi) is 53.6. The van der Waals surface area contributed by atoms with E-state index >= 15 is 0 Å². The lowest BCUT2D eigenvalue weighted by atomic mass is 10.1. The molecule has 0 amide bonds. The summed E-state index contributed by atoms with van der Waals surface area (Å²) in [5, 5.41) is 0. The normalized spacial score (nSPS) is 13.3. The van der Waals surface area contributed by atoms with E-state index < -0.39 is 6.10 Å². The fourth-order valence-electron chi connectivity index (χ4n) is 6.88. The van der Waals surface area contributed by atoms with Crippen molar-refractivity contribution in [3.63, 3.8) is 0 Å². The number of carbonyl (C=O) groups is 3. The molecule has 0 aliphatic carbocycles. The third-order valence-corrected chi connectivity index (χ3v) is 11.0. The van der Waals surface area contributed by atoms with Gasteiger partial charge >= 0.3 is 17.9 Å². The van der Waals surface area contributed by atoms with Crippen LogP contribution in [0.25, 0.3) is 0 Å². The summed E-state index contributed by atoms with van der Waals surface area (Å²) in [5.74, 6) is -1.07. The number of ether oxygens (including phenoxy) is 3. The van der Waals surface area contributed by atoms with E-state index in [1.54, 1.807) is 0 Å². The standard InChI is InChI=1S/C65H100O6/c1-4-7-10-13-16-19-22-25-27-28-29-30-31-32-33-34-35-36-38-40-43-46-49-52-55-58-64(67)70-61-62(60-69-63(66)57-54-51-48-45-42-39-24-21-18-15-12-9-6-3)71-65(68)59-56-53-50-47-44-41-37-26-23-20-17-14-11-8-5-2/h7,9-10,12,16-21,25-27,29-30,32-33,35-37,39-40,42-43,48,51,62H,4-6,8,11,13-15,22-24,28,31,34,38,41,44-47,49-50,52-61H2,1-3H3/b10-7-,12-9-,19-16-,20-17-,21-18-,27-25-,30-29-,33-32-,36-35-,37-26-,42-39-,43-40-,51-48-. The van der Waals surface area contributed by atoms with Crippen molar-refractivity contribution in [2.75, 3.05) is 13.2 Å². The number of carbonyl (C=O) groups excluding carboxylic acids is 3. The van der Waals surface area contributed by atoms with Crippen LogP contribution in [-0.2, 0) is 28.6 Å². The average Bonchev–Trinajstić information content (AvgIpc) is 3.37. The minimum absolute atomic E-state index is 0.131. The highest BCUT2D eigenvalue weighted by Gasteiger charge is 2.19. The number of hydrogen-bond acceptors (Lipinski definition) is 6. The van der Waals surface area contributed by atoms with E-state index in [9.17, 15) is 14.4 Å². The Labute approximate surface area is 435 Å². The van der Waals surface area contributed by atoms with E-state index in [0.29, 0.717) is 12.8 Å². The Morgan fingerprint density at radius 1 is 0.296 bits per heavy atom. The third-order valence-electron chi connectivity index (χ3n) is 11.0. The number of unbranched alkanes of at least 4 members (excludes halogenated alkanes) is 11. The first kappa shape index (κ1) is 66.0. The summed E-state index contributed by atoms with van der Waals surface area (Å²) in [4.78, 5) is 38.0. The van der Waals surface area contributed by atoms with Gasteiger partial charge in [0.25, 0.3) is 0 Å². The van der Waals surface area contributed by atoms with E-state index in [0.717, 1.165) is 141 Å². The molecule has 0 N–H and O–H groups in total. The van der Waals surface area contributed by atoms with Crippen molar-refractivity contribution >= 4 is 17.9 Å². The molecule has 0 fully saturated rings. The Balaban J connectivity index is 4.52. The van der Waals surface area contributed by atoms with E-state index in [-0.39, 0.29) is 44.0 Å². The molecule has 0 aromatic carbocycles. The van der Waals surface area contributed by atoms with Gasteiger partial charge in [0.2, 0.25) is 0 Å². The highest BCUT2D eigenvalue weighted by atomic mass is 16.6. The largest absolute Gasteiger partial charge is 0.462 e. The van der Waals surface area contributed by atoms with Crippen molar-refractivity contribution in [3.05, 3.63) is 158 Å². The first-order chi connectivity index (χ1) is 35.0. The van der Waals surface area contributed by atoms with Crippen molar-refractivity contribution < 1.29 is 28.6 Å². The molecule has 0 heterocycles. The second kappa shape index (κ2) is 57.6. The molecule has 396 valence electrons. The van der Waals surface area contributed by atoms with Gasteiger partial charge in [0.05, 0.1) is 0 Å². The van der Waals surface area contributed by atoms with E-state index in [1.165, 1.54) is 25.7 Å². The molecule has 6 nitrogen and oxygen atoms in total. The van der Waals surface area contributed by atoms with Crippen LogP contribution >= 0.6 is 0 Å². The quantitative estimate of drug-likeness (QED) is 0.0262. The second-order valence-electron chi connectivity index (χ2n) is 17.7. The molecular formula is C65H100O6. The van der Waals surface area contributed by atoms with Crippen LogP contribution in [0, 0.1) is 0 Å². The van der Waals surface area contributed by atoms with Gasteiger partial charge in [0.1, 0.15) is 13.2 Å². The highest BCUT2D eigenvalue weighted by Crippen LogP contribution is 2.12. The van der Waals surface area contributed by atoms with Crippen molar-refractivity contribution in [3.8, 4) is 0 Å². The van der Waals surface area contributed by atoms with Gasteiger partial charge in [-0.3, -0.25) is 14.4 Å². The van der Waals surface area contributed by atoms with Gasteiger partial charge in [-0.1, -0.05) is 217 Å². The first-order valence-electron chi connectivity index (χ1n) is 28.0. The van der Waals surface area contributed by atoms with Gasteiger partial charge < -0.3 is 14.2 Å². The summed E-state index contributed by atoms with van der Waals surface area (Å²) in [6.07, 6.45) is 83.9. The summed E-state index contributed by atoms with van der Waals surface area (Å²) in [5.41, 5.74) is 0. The molecule has 0 aliphatic rings. The van der Waals surface area contributed by atoms with E-state index in [2.05, 4.69) is 167 Å². The zero-order valence-corrected chi connectivity index (χ0v) is 45.2. The van der Waals surface area contributed by atoms with Crippen LogP contribution in [-0.4, -0.2) is 37.2 Å². The predicted octanol–water partition coefficient (Wildman–Crippen LogP) is 19.0. The third kappa shape index (κ3) is 55.8. The summed E-state index contributed by atoms with van der Waals surface area (Å²) >= 11 is 0. The maximum absolute atomic E-state index is 12.8. The van der Waals surface area contributed by atoms with Crippen LogP contribution in [0.15, 0.2) is 158 Å². The number of rotatable bonds is 48. The maximum atomic E-state index is 12.8. The molecular weight excluding hydrogens is 877 g/mol. The minimum Gasteiger partial charge on any atom is -0.462 e. The Morgan fingerprint density at radius 3 is 0.958 bits per heavy atom. The smallest absolute Gasteiger partial charge is 0.306 e. The molecule has 0 aromatic rings. The average molecular weight is 978 g/mol. The van der Waals surface area contributed by atoms with Crippen LogP contribution < -0.4 is 0 Å². The summed E-state index contributed by atoms with van der Waals surface area (Å²) < 4.78 is 16.7. The molecule has 0 rings (SSSR count). The number of hydrogen-bond donors (Lipinski definition) is 0. The SMILES string of the molecule is CC/C=C\C/C=C\C/C=C\C/C=C\C/C=C\C/C=C\C/C=C\CCCCCC(=O)OCC(COC(=O)CC/C=C\C/C=C\C/C=C\C/C=C\CC)OC(=O)CCCCCCC/C=C\C/C=C\CCCCC. The first-order valence-corrected chi connectivity index (χ1v) is 28.0. The summed E-state index contributed by atoms with van der Waals surface area (Å²) in [6, 6.07) is 0. The molecule has 1 unspecified atom stereocenters. The van der Waals surface area contributed by atoms with Crippen molar-refractivity contribution in [2.45, 2.75) is 219 Å². The molecule has 71 heavy (non-hydrogen) atoms. The monoisotopic (exact) mass is 977 g/mol. The molecule has 0 aromatic heterocycles. The molecule has 0 radical (unpaired) electrons. The Bertz CT molecular complexity index is 1640. The number of esters is 3. The predicted molar refractivity (Wildman–Crippen MR) is 306 cm³/mol. The maximum Gasteiger partial charge on any atom is 0.306 e. The van der Waals surface area contributed by atoms with Crippen LogP contribution in [0.1, 0.15) is 213 Å². The van der Waals surface area contributed by atoms with Crippen molar-refractivity contribution in [2.24, 2.45) is 0 Å². The molecule has 0 aliphatic heterocycles. The fourth-order valence-corrected chi connectivity index (χ4v) is 6.88. The summed E-state index contributed by atoms with van der Waals surface area (Å²) in [6.45, 7) is 6.25. The second-order valence-corrected chi connectivity index (χ2v) is 17.7. The minimum atomic E-state index is -0.836. The zero-order chi connectivity index (χ0) is 51.4. The van der Waals surface area contributed by atoms with E-state index in [1.807, 2.05) is 12.2 Å². The molecule has 6 heteroatoms. The van der Waals surface area contributed by atoms with Gasteiger partial charge in [0.15, 0.2) is 6.10 Å².